The maximum Gasteiger partial charge on any atom is 0.259 e. The van der Waals surface area contributed by atoms with Gasteiger partial charge >= 0.3 is 0 Å². The van der Waals surface area contributed by atoms with Gasteiger partial charge in [-0.15, -0.1) is 0 Å². The van der Waals surface area contributed by atoms with Crippen molar-refractivity contribution in [3.05, 3.63) is 39.7 Å². The smallest absolute Gasteiger partial charge is 0.259 e. The van der Waals surface area contributed by atoms with Crippen molar-refractivity contribution < 1.29 is 4.79 Å². The summed E-state index contributed by atoms with van der Waals surface area (Å²) in [6.07, 6.45) is 1.34. The number of halogens is 1. The molecule has 0 spiro atoms. The molecule has 0 aliphatic heterocycles. The SMILES string of the molecule is O=C(Nc1ncn[nH]1)c1ccccc1I. The van der Waals surface area contributed by atoms with E-state index in [1.807, 2.05) is 18.2 Å². The lowest BCUT2D eigenvalue weighted by atomic mass is 10.2. The highest BCUT2D eigenvalue weighted by atomic mass is 127. The fourth-order valence-corrected chi connectivity index (χ4v) is 1.72. The summed E-state index contributed by atoms with van der Waals surface area (Å²) in [6.45, 7) is 0. The third-order valence-electron chi connectivity index (χ3n) is 1.77. The Kier molecular flexibility index (Phi) is 2.95. The molecule has 2 aromatic rings. The van der Waals surface area contributed by atoms with Crippen LogP contribution in [0.1, 0.15) is 10.4 Å². The second-order valence-electron chi connectivity index (χ2n) is 2.77. The summed E-state index contributed by atoms with van der Waals surface area (Å²) in [5.41, 5.74) is 0.620. The van der Waals surface area contributed by atoms with Crippen LogP contribution in [0.5, 0.6) is 0 Å². The van der Waals surface area contributed by atoms with Crippen LogP contribution in [-0.4, -0.2) is 21.1 Å². The van der Waals surface area contributed by atoms with Gasteiger partial charge in [-0.1, -0.05) is 12.1 Å². The number of hydrogen-bond acceptors (Lipinski definition) is 3. The van der Waals surface area contributed by atoms with Crippen LogP contribution in [0.25, 0.3) is 0 Å². The third-order valence-corrected chi connectivity index (χ3v) is 2.71. The van der Waals surface area contributed by atoms with Crippen LogP contribution in [0.15, 0.2) is 30.6 Å². The molecule has 0 radical (unpaired) electrons. The van der Waals surface area contributed by atoms with E-state index in [-0.39, 0.29) is 5.91 Å². The molecule has 1 aromatic heterocycles. The Morgan fingerprint density at radius 3 is 2.87 bits per heavy atom. The Labute approximate surface area is 99.4 Å². The fraction of sp³-hybridized carbons (Fsp3) is 0. The molecule has 5 nitrogen and oxygen atoms in total. The molecule has 0 saturated heterocycles. The first-order valence-electron chi connectivity index (χ1n) is 4.18. The lowest BCUT2D eigenvalue weighted by molar-refractivity contribution is 0.102. The quantitative estimate of drug-likeness (QED) is 0.828. The van der Waals surface area contributed by atoms with E-state index < -0.39 is 0 Å². The molecule has 1 aromatic carbocycles. The highest BCUT2D eigenvalue weighted by Crippen LogP contribution is 2.12. The van der Waals surface area contributed by atoms with Gasteiger partial charge in [0.1, 0.15) is 6.33 Å². The molecule has 0 unspecified atom stereocenters. The molecular formula is C9H7IN4O. The standard InChI is InChI=1S/C9H7IN4O/c10-7-4-2-1-3-6(7)8(15)13-9-11-5-12-14-9/h1-5H,(H2,11,12,13,14,15). The molecular weight excluding hydrogens is 307 g/mol. The Hall–Kier alpha value is -1.44. The molecule has 0 fully saturated rings. The van der Waals surface area contributed by atoms with Gasteiger partial charge in [-0.3, -0.25) is 10.1 Å². The van der Waals surface area contributed by atoms with E-state index in [1.54, 1.807) is 6.07 Å². The van der Waals surface area contributed by atoms with E-state index in [4.69, 9.17) is 0 Å². The first kappa shape index (κ1) is 10.1. The van der Waals surface area contributed by atoms with Crippen LogP contribution >= 0.6 is 22.6 Å². The van der Waals surface area contributed by atoms with Crippen molar-refractivity contribution >= 4 is 34.4 Å². The topological polar surface area (TPSA) is 70.7 Å². The van der Waals surface area contributed by atoms with Crippen molar-refractivity contribution in [2.45, 2.75) is 0 Å². The monoisotopic (exact) mass is 314 g/mol. The molecule has 0 aliphatic carbocycles. The zero-order chi connectivity index (χ0) is 10.7. The highest BCUT2D eigenvalue weighted by Gasteiger charge is 2.09. The summed E-state index contributed by atoms with van der Waals surface area (Å²) in [6, 6.07) is 7.33. The molecule has 0 bridgehead atoms. The van der Waals surface area contributed by atoms with Crippen molar-refractivity contribution in [2.75, 3.05) is 5.32 Å². The van der Waals surface area contributed by atoms with Gasteiger partial charge in [-0.25, -0.2) is 5.10 Å². The summed E-state index contributed by atoms with van der Waals surface area (Å²) >= 11 is 2.11. The molecule has 0 saturated carbocycles. The number of carbonyl (C=O) groups excluding carboxylic acids is 1. The Morgan fingerprint density at radius 2 is 2.20 bits per heavy atom. The first-order chi connectivity index (χ1) is 7.27. The van der Waals surface area contributed by atoms with Crippen LogP contribution in [0.2, 0.25) is 0 Å². The number of anilines is 1. The Morgan fingerprint density at radius 1 is 1.40 bits per heavy atom. The number of aromatic amines is 1. The van der Waals surface area contributed by atoms with Gasteiger partial charge in [-0.05, 0) is 34.7 Å². The Bertz CT molecular complexity index is 469. The van der Waals surface area contributed by atoms with E-state index in [0.29, 0.717) is 11.5 Å². The van der Waals surface area contributed by atoms with E-state index >= 15 is 0 Å². The minimum absolute atomic E-state index is 0.197. The second kappa shape index (κ2) is 4.39. The van der Waals surface area contributed by atoms with Crippen LogP contribution in [0.3, 0.4) is 0 Å². The van der Waals surface area contributed by atoms with Crippen LogP contribution in [-0.2, 0) is 0 Å². The summed E-state index contributed by atoms with van der Waals surface area (Å²) in [5, 5.41) is 8.81. The third kappa shape index (κ3) is 2.32. The van der Waals surface area contributed by atoms with Gasteiger partial charge in [-0.2, -0.15) is 10.1 Å². The number of rotatable bonds is 2. The van der Waals surface area contributed by atoms with Crippen molar-refractivity contribution in [2.24, 2.45) is 0 Å². The van der Waals surface area contributed by atoms with E-state index in [1.165, 1.54) is 6.33 Å². The highest BCUT2D eigenvalue weighted by molar-refractivity contribution is 14.1. The summed E-state index contributed by atoms with van der Waals surface area (Å²) in [4.78, 5) is 15.5. The molecule has 15 heavy (non-hydrogen) atoms. The van der Waals surface area contributed by atoms with E-state index in [9.17, 15) is 4.79 Å². The fourth-order valence-electron chi connectivity index (χ4n) is 1.09. The molecule has 0 atom stereocenters. The predicted molar refractivity (Wildman–Crippen MR) is 63.5 cm³/mol. The zero-order valence-electron chi connectivity index (χ0n) is 7.57. The van der Waals surface area contributed by atoms with Gasteiger partial charge in [0.25, 0.3) is 5.91 Å². The summed E-state index contributed by atoms with van der Waals surface area (Å²) in [7, 11) is 0. The number of carbonyl (C=O) groups is 1. The number of hydrogen-bond donors (Lipinski definition) is 2. The molecule has 76 valence electrons. The number of amides is 1. The maximum absolute atomic E-state index is 11.7. The minimum Gasteiger partial charge on any atom is -0.291 e. The number of nitrogens with one attached hydrogen (secondary N) is 2. The van der Waals surface area contributed by atoms with Gasteiger partial charge in [0, 0.05) is 3.57 Å². The van der Waals surface area contributed by atoms with Gasteiger partial charge in [0.15, 0.2) is 0 Å². The lowest BCUT2D eigenvalue weighted by Crippen LogP contribution is -2.14. The lowest BCUT2D eigenvalue weighted by Gasteiger charge is -2.02. The van der Waals surface area contributed by atoms with E-state index in [0.717, 1.165) is 3.57 Å². The van der Waals surface area contributed by atoms with Gasteiger partial charge < -0.3 is 0 Å². The number of nitrogens with zero attached hydrogens (tertiary/aromatic N) is 2. The molecule has 1 heterocycles. The summed E-state index contributed by atoms with van der Waals surface area (Å²) in [5.74, 6) is 0.149. The predicted octanol–water partition coefficient (Wildman–Crippen LogP) is 1.66. The molecule has 2 N–H and O–H groups in total. The Balaban J connectivity index is 2.19. The summed E-state index contributed by atoms with van der Waals surface area (Å²) < 4.78 is 0.895. The van der Waals surface area contributed by atoms with E-state index in [2.05, 4.69) is 43.1 Å². The van der Waals surface area contributed by atoms with Crippen LogP contribution < -0.4 is 5.32 Å². The van der Waals surface area contributed by atoms with Crippen molar-refractivity contribution in [1.29, 1.82) is 0 Å². The maximum atomic E-state index is 11.7. The molecule has 1 amide bonds. The van der Waals surface area contributed by atoms with Crippen LogP contribution in [0, 0.1) is 3.57 Å². The molecule has 2 rings (SSSR count). The van der Waals surface area contributed by atoms with Crippen molar-refractivity contribution in [1.82, 2.24) is 15.2 Å². The minimum atomic E-state index is -0.197. The molecule has 6 heteroatoms. The van der Waals surface area contributed by atoms with Gasteiger partial charge in [0.2, 0.25) is 5.95 Å². The molecule has 0 aliphatic rings. The zero-order valence-corrected chi connectivity index (χ0v) is 9.72. The van der Waals surface area contributed by atoms with Gasteiger partial charge in [0.05, 0.1) is 5.56 Å². The average molecular weight is 314 g/mol. The first-order valence-corrected chi connectivity index (χ1v) is 5.26. The largest absolute Gasteiger partial charge is 0.291 e. The normalized spacial score (nSPS) is 9.93. The van der Waals surface area contributed by atoms with Crippen molar-refractivity contribution in [3.8, 4) is 0 Å². The average Bonchev–Trinajstić information content (AvgIpc) is 2.71. The number of H-pyrrole nitrogens is 1. The number of aromatic nitrogens is 3. The second-order valence-corrected chi connectivity index (χ2v) is 3.93. The number of benzene rings is 1. The van der Waals surface area contributed by atoms with Crippen molar-refractivity contribution in [3.63, 3.8) is 0 Å². The van der Waals surface area contributed by atoms with Crippen LogP contribution in [0.4, 0.5) is 5.95 Å².